The van der Waals surface area contributed by atoms with Crippen molar-refractivity contribution in [1.29, 1.82) is 0 Å². The third-order valence-corrected chi connectivity index (χ3v) is 4.67. The Bertz CT molecular complexity index is 815. The molecule has 144 valence electrons. The van der Waals surface area contributed by atoms with Gasteiger partial charge in [-0.15, -0.1) is 0 Å². The predicted molar refractivity (Wildman–Crippen MR) is 102 cm³/mol. The zero-order chi connectivity index (χ0) is 20.0. The SMILES string of the molecule is CNC(=O)C(C)N(Cc1ccc(Cl)c(Cl)c1)C(=O)COc1ccc(F)cc1. The van der Waals surface area contributed by atoms with Crippen LogP contribution in [0.4, 0.5) is 4.39 Å². The van der Waals surface area contributed by atoms with Crippen molar-refractivity contribution >= 4 is 35.0 Å². The van der Waals surface area contributed by atoms with Gasteiger partial charge in [-0.05, 0) is 48.9 Å². The van der Waals surface area contributed by atoms with Gasteiger partial charge in [-0.1, -0.05) is 29.3 Å². The van der Waals surface area contributed by atoms with E-state index in [1.165, 1.54) is 36.2 Å². The normalized spacial score (nSPS) is 11.6. The van der Waals surface area contributed by atoms with Crippen LogP contribution in [0.1, 0.15) is 12.5 Å². The van der Waals surface area contributed by atoms with Gasteiger partial charge in [0.2, 0.25) is 5.91 Å². The van der Waals surface area contributed by atoms with Crippen molar-refractivity contribution in [3.63, 3.8) is 0 Å². The molecule has 0 aliphatic rings. The molecule has 8 heteroatoms. The molecule has 1 N–H and O–H groups in total. The third kappa shape index (κ3) is 5.84. The summed E-state index contributed by atoms with van der Waals surface area (Å²) in [7, 11) is 1.50. The molecule has 1 unspecified atom stereocenters. The van der Waals surface area contributed by atoms with Crippen LogP contribution in [-0.4, -0.2) is 36.4 Å². The van der Waals surface area contributed by atoms with E-state index in [9.17, 15) is 14.0 Å². The monoisotopic (exact) mass is 412 g/mol. The number of rotatable bonds is 7. The van der Waals surface area contributed by atoms with Crippen molar-refractivity contribution in [2.24, 2.45) is 0 Å². The first-order valence-electron chi connectivity index (χ1n) is 8.15. The maximum absolute atomic E-state index is 13.0. The van der Waals surface area contributed by atoms with Crippen molar-refractivity contribution < 1.29 is 18.7 Å². The maximum Gasteiger partial charge on any atom is 0.261 e. The molecule has 0 heterocycles. The molecule has 27 heavy (non-hydrogen) atoms. The van der Waals surface area contributed by atoms with Crippen molar-refractivity contribution in [3.8, 4) is 5.75 Å². The van der Waals surface area contributed by atoms with E-state index in [1.807, 2.05) is 0 Å². The van der Waals surface area contributed by atoms with Crippen LogP contribution in [0.5, 0.6) is 5.75 Å². The van der Waals surface area contributed by atoms with Gasteiger partial charge in [0.25, 0.3) is 5.91 Å². The standard InChI is InChI=1S/C19H19Cl2FN2O3/c1-12(19(26)23-2)24(10-13-3-8-16(20)17(21)9-13)18(25)11-27-15-6-4-14(22)5-7-15/h3-9,12H,10-11H2,1-2H3,(H,23,26). The summed E-state index contributed by atoms with van der Waals surface area (Å²) in [5, 5.41) is 3.28. The Labute approximate surface area is 167 Å². The molecule has 0 saturated heterocycles. The van der Waals surface area contributed by atoms with Crippen molar-refractivity contribution in [2.75, 3.05) is 13.7 Å². The Morgan fingerprint density at radius 3 is 2.41 bits per heavy atom. The van der Waals surface area contributed by atoms with Crippen molar-refractivity contribution in [2.45, 2.75) is 19.5 Å². The van der Waals surface area contributed by atoms with E-state index in [0.29, 0.717) is 15.8 Å². The average molecular weight is 413 g/mol. The highest BCUT2D eigenvalue weighted by atomic mass is 35.5. The fourth-order valence-electron chi connectivity index (χ4n) is 2.39. The van der Waals surface area contributed by atoms with Gasteiger partial charge in [-0.3, -0.25) is 9.59 Å². The molecular weight excluding hydrogens is 394 g/mol. The first-order chi connectivity index (χ1) is 12.8. The number of carbonyl (C=O) groups excluding carboxylic acids is 2. The summed E-state index contributed by atoms with van der Waals surface area (Å²) in [6.45, 7) is 1.47. The van der Waals surface area contributed by atoms with E-state index >= 15 is 0 Å². The molecule has 2 aromatic rings. The number of carbonyl (C=O) groups is 2. The summed E-state index contributed by atoms with van der Waals surface area (Å²) in [5.41, 5.74) is 0.718. The molecule has 0 aliphatic carbocycles. The minimum atomic E-state index is -0.728. The van der Waals surface area contributed by atoms with Crippen molar-refractivity contribution in [3.05, 3.63) is 63.9 Å². The number of halogens is 3. The number of amides is 2. The minimum absolute atomic E-state index is 0.150. The van der Waals surface area contributed by atoms with Crippen LogP contribution < -0.4 is 10.1 Å². The summed E-state index contributed by atoms with van der Waals surface area (Å²) in [6.07, 6.45) is 0. The topological polar surface area (TPSA) is 58.6 Å². The molecule has 0 fully saturated rings. The highest BCUT2D eigenvalue weighted by molar-refractivity contribution is 6.42. The molecular formula is C19H19Cl2FN2O3. The number of hydrogen-bond acceptors (Lipinski definition) is 3. The van der Waals surface area contributed by atoms with E-state index in [-0.39, 0.29) is 19.1 Å². The number of nitrogens with zero attached hydrogens (tertiary/aromatic N) is 1. The Balaban J connectivity index is 2.14. The van der Waals surface area contributed by atoms with E-state index in [2.05, 4.69) is 5.32 Å². The number of benzene rings is 2. The zero-order valence-electron chi connectivity index (χ0n) is 14.8. The van der Waals surface area contributed by atoms with Gasteiger partial charge in [-0.2, -0.15) is 0 Å². The van der Waals surface area contributed by atoms with E-state index < -0.39 is 17.8 Å². The molecule has 5 nitrogen and oxygen atoms in total. The lowest BCUT2D eigenvalue weighted by Gasteiger charge is -2.28. The van der Waals surface area contributed by atoms with Crippen molar-refractivity contribution in [1.82, 2.24) is 10.2 Å². The van der Waals surface area contributed by atoms with Crippen LogP contribution in [0.25, 0.3) is 0 Å². The van der Waals surface area contributed by atoms with Crippen LogP contribution in [-0.2, 0) is 16.1 Å². The lowest BCUT2D eigenvalue weighted by atomic mass is 10.1. The van der Waals surface area contributed by atoms with E-state index in [1.54, 1.807) is 25.1 Å². The molecule has 2 aromatic carbocycles. The number of hydrogen-bond donors (Lipinski definition) is 1. The lowest BCUT2D eigenvalue weighted by Crippen LogP contribution is -2.48. The second-order valence-electron chi connectivity index (χ2n) is 5.80. The highest BCUT2D eigenvalue weighted by Gasteiger charge is 2.26. The van der Waals surface area contributed by atoms with Gasteiger partial charge in [0, 0.05) is 13.6 Å². The first-order valence-corrected chi connectivity index (χ1v) is 8.90. The van der Waals surface area contributed by atoms with Crippen LogP contribution in [0.15, 0.2) is 42.5 Å². The highest BCUT2D eigenvalue weighted by Crippen LogP contribution is 2.24. The molecule has 0 bridgehead atoms. The van der Waals surface area contributed by atoms with Gasteiger partial charge < -0.3 is 15.0 Å². The van der Waals surface area contributed by atoms with Gasteiger partial charge in [0.05, 0.1) is 10.0 Å². The molecule has 0 aromatic heterocycles. The third-order valence-electron chi connectivity index (χ3n) is 3.93. The van der Waals surface area contributed by atoms with Crippen LogP contribution in [0.3, 0.4) is 0 Å². The number of nitrogens with one attached hydrogen (secondary N) is 1. The summed E-state index contributed by atoms with van der Waals surface area (Å²) in [6, 6.07) is 9.59. The fraction of sp³-hybridized carbons (Fsp3) is 0.263. The smallest absolute Gasteiger partial charge is 0.261 e. The van der Waals surface area contributed by atoms with Crippen LogP contribution >= 0.6 is 23.2 Å². The molecule has 1 atom stereocenters. The second kappa shape index (κ2) is 9.58. The molecule has 0 radical (unpaired) electrons. The first kappa shape index (κ1) is 21.0. The summed E-state index contributed by atoms with van der Waals surface area (Å²) in [5.74, 6) is -0.762. The average Bonchev–Trinajstić information content (AvgIpc) is 2.67. The van der Waals surface area contributed by atoms with Gasteiger partial charge in [0.15, 0.2) is 6.61 Å². The van der Waals surface area contributed by atoms with Crippen LogP contribution in [0, 0.1) is 5.82 Å². The fourth-order valence-corrected chi connectivity index (χ4v) is 2.71. The van der Waals surface area contributed by atoms with E-state index in [4.69, 9.17) is 27.9 Å². The lowest BCUT2D eigenvalue weighted by molar-refractivity contribution is -0.142. The molecule has 0 aliphatic heterocycles. The minimum Gasteiger partial charge on any atom is -0.484 e. The Kier molecular flexibility index (Phi) is 7.45. The number of likely N-dealkylation sites (N-methyl/N-ethyl adjacent to an activating group) is 1. The summed E-state index contributed by atoms with van der Waals surface area (Å²) in [4.78, 5) is 26.1. The summed E-state index contributed by atoms with van der Waals surface area (Å²) < 4.78 is 18.4. The van der Waals surface area contributed by atoms with E-state index in [0.717, 1.165) is 5.56 Å². The quantitative estimate of drug-likeness (QED) is 0.754. The van der Waals surface area contributed by atoms with Gasteiger partial charge >= 0.3 is 0 Å². The Morgan fingerprint density at radius 1 is 1.15 bits per heavy atom. The largest absolute Gasteiger partial charge is 0.484 e. The Hall–Kier alpha value is -2.31. The van der Waals surface area contributed by atoms with Gasteiger partial charge in [-0.25, -0.2) is 4.39 Å². The summed E-state index contributed by atoms with van der Waals surface area (Å²) >= 11 is 12.0. The van der Waals surface area contributed by atoms with Crippen LogP contribution in [0.2, 0.25) is 10.0 Å². The molecule has 0 saturated carbocycles. The second-order valence-corrected chi connectivity index (χ2v) is 6.62. The zero-order valence-corrected chi connectivity index (χ0v) is 16.4. The maximum atomic E-state index is 13.0. The predicted octanol–water partition coefficient (Wildman–Crippen LogP) is 3.67. The molecule has 2 amide bonds. The molecule has 0 spiro atoms. The number of ether oxygens (including phenoxy) is 1. The van der Waals surface area contributed by atoms with Gasteiger partial charge in [0.1, 0.15) is 17.6 Å². The molecule has 2 rings (SSSR count). The Morgan fingerprint density at radius 2 is 1.81 bits per heavy atom.